The van der Waals surface area contributed by atoms with Gasteiger partial charge in [-0.3, -0.25) is 4.79 Å². The average Bonchev–Trinajstić information content (AvgIpc) is 3.53. The highest BCUT2D eigenvalue weighted by atomic mass is 32.1. The topological polar surface area (TPSA) is 45.2 Å². The van der Waals surface area contributed by atoms with Gasteiger partial charge in [-0.1, -0.05) is 6.07 Å². The Bertz CT molecular complexity index is 852. The third-order valence-corrected chi connectivity index (χ3v) is 7.53. The molecule has 3 unspecified atom stereocenters. The summed E-state index contributed by atoms with van der Waals surface area (Å²) in [4.78, 5) is 20.2. The number of fused-ring (bicyclic) bond motifs is 1. The minimum absolute atomic E-state index is 0.196. The number of rotatable bonds is 4. The van der Waals surface area contributed by atoms with Crippen LogP contribution in [0.5, 0.6) is 0 Å². The second-order valence-corrected chi connectivity index (χ2v) is 9.61. The molecule has 1 saturated heterocycles. The lowest BCUT2D eigenvalue weighted by Gasteiger charge is -2.48. The maximum absolute atomic E-state index is 13.4. The molecule has 2 aromatic rings. The fourth-order valence-electron chi connectivity index (χ4n) is 4.87. The van der Waals surface area contributed by atoms with E-state index in [1.54, 1.807) is 11.3 Å². The van der Waals surface area contributed by atoms with E-state index < -0.39 is 0 Å². The molecule has 5 heteroatoms. The molecule has 1 aliphatic heterocycles. The zero-order chi connectivity index (χ0) is 17.3. The molecule has 4 aliphatic rings. The van der Waals surface area contributed by atoms with Crippen LogP contribution in [0.4, 0.5) is 0 Å². The Hall–Kier alpha value is -1.46. The van der Waals surface area contributed by atoms with Gasteiger partial charge in [0.15, 0.2) is 0 Å². The van der Waals surface area contributed by atoms with Crippen molar-refractivity contribution < 1.29 is 4.79 Å². The lowest BCUT2D eigenvalue weighted by Crippen LogP contribution is -2.61. The fraction of sp³-hybridized carbons (Fsp3) is 0.619. The second kappa shape index (κ2) is 5.77. The molecule has 1 N–H and O–H groups in total. The van der Waals surface area contributed by atoms with Gasteiger partial charge in [-0.2, -0.15) is 0 Å². The summed E-state index contributed by atoms with van der Waals surface area (Å²) >= 11 is 1.70. The Morgan fingerprint density at radius 3 is 2.65 bits per heavy atom. The number of piperazine rings is 1. The van der Waals surface area contributed by atoms with Crippen LogP contribution in [0.1, 0.15) is 50.1 Å². The zero-order valence-corrected chi connectivity index (χ0v) is 15.8. The zero-order valence-electron chi connectivity index (χ0n) is 14.9. The van der Waals surface area contributed by atoms with Crippen molar-refractivity contribution in [1.82, 2.24) is 15.2 Å². The predicted molar refractivity (Wildman–Crippen MR) is 103 cm³/mol. The molecule has 0 spiro atoms. The first-order chi connectivity index (χ1) is 12.8. The maximum atomic E-state index is 13.4. The quantitative estimate of drug-likeness (QED) is 0.895. The standard InChI is InChI=1S/C21H25N3OS/c25-21(14-5-6-14)24-17(12-1-2-12)10-22-19(13-3-4-13)20(24)15-7-8-16-18(9-15)26-11-23-16/h7-9,11-14,17,19-20,22H,1-6,10H2. The molecule has 1 aromatic heterocycles. The summed E-state index contributed by atoms with van der Waals surface area (Å²) in [5.74, 6) is 2.17. The van der Waals surface area contributed by atoms with Crippen LogP contribution < -0.4 is 5.32 Å². The van der Waals surface area contributed by atoms with Crippen LogP contribution in [0, 0.1) is 17.8 Å². The van der Waals surface area contributed by atoms with E-state index in [2.05, 4.69) is 33.4 Å². The number of carbonyl (C=O) groups excluding carboxylic acids is 1. The molecule has 26 heavy (non-hydrogen) atoms. The van der Waals surface area contributed by atoms with Gasteiger partial charge in [0.1, 0.15) is 0 Å². The van der Waals surface area contributed by atoms with Crippen molar-refractivity contribution in [2.24, 2.45) is 17.8 Å². The fourth-order valence-corrected chi connectivity index (χ4v) is 5.59. The number of benzene rings is 1. The number of thiazole rings is 1. The molecule has 136 valence electrons. The summed E-state index contributed by atoms with van der Waals surface area (Å²) in [7, 11) is 0. The molecular weight excluding hydrogens is 342 g/mol. The van der Waals surface area contributed by atoms with Crippen molar-refractivity contribution in [3.63, 3.8) is 0 Å². The van der Waals surface area contributed by atoms with Crippen molar-refractivity contribution in [3.05, 3.63) is 29.3 Å². The predicted octanol–water partition coefficient (Wildman–Crippen LogP) is 3.74. The number of amides is 1. The van der Waals surface area contributed by atoms with Crippen LogP contribution in [-0.4, -0.2) is 34.4 Å². The van der Waals surface area contributed by atoms with Crippen molar-refractivity contribution in [3.8, 4) is 0 Å². The van der Waals surface area contributed by atoms with E-state index in [1.807, 2.05) is 5.51 Å². The van der Waals surface area contributed by atoms with E-state index in [0.29, 0.717) is 29.8 Å². The van der Waals surface area contributed by atoms with Gasteiger partial charge in [0.2, 0.25) is 5.91 Å². The van der Waals surface area contributed by atoms with Crippen LogP contribution in [0.2, 0.25) is 0 Å². The molecule has 6 rings (SSSR count). The molecule has 4 nitrogen and oxygen atoms in total. The summed E-state index contributed by atoms with van der Waals surface area (Å²) in [5.41, 5.74) is 4.31. The molecule has 3 aliphatic carbocycles. The van der Waals surface area contributed by atoms with Crippen molar-refractivity contribution in [1.29, 1.82) is 0 Å². The molecule has 3 saturated carbocycles. The summed E-state index contributed by atoms with van der Waals surface area (Å²) in [6, 6.07) is 7.68. The minimum Gasteiger partial charge on any atom is -0.329 e. The smallest absolute Gasteiger partial charge is 0.226 e. The van der Waals surface area contributed by atoms with E-state index >= 15 is 0 Å². The number of nitrogens with one attached hydrogen (secondary N) is 1. The van der Waals surface area contributed by atoms with Gasteiger partial charge < -0.3 is 10.2 Å². The van der Waals surface area contributed by atoms with E-state index in [-0.39, 0.29) is 6.04 Å². The summed E-state index contributed by atoms with van der Waals surface area (Å²) in [6.07, 6.45) is 7.36. The van der Waals surface area contributed by atoms with E-state index in [9.17, 15) is 4.79 Å². The highest BCUT2D eigenvalue weighted by Gasteiger charge is 2.52. The van der Waals surface area contributed by atoms with Gasteiger partial charge >= 0.3 is 0 Å². The van der Waals surface area contributed by atoms with Crippen LogP contribution in [0.15, 0.2) is 23.7 Å². The third-order valence-electron chi connectivity index (χ3n) is 6.73. The normalized spacial score (nSPS) is 32.2. The molecule has 2 heterocycles. The molecule has 0 bridgehead atoms. The maximum Gasteiger partial charge on any atom is 0.226 e. The van der Waals surface area contributed by atoms with E-state index in [1.165, 1.54) is 35.9 Å². The Morgan fingerprint density at radius 1 is 1.12 bits per heavy atom. The van der Waals surface area contributed by atoms with Crippen molar-refractivity contribution in [2.75, 3.05) is 6.54 Å². The van der Waals surface area contributed by atoms with Crippen LogP contribution >= 0.6 is 11.3 Å². The molecule has 0 radical (unpaired) electrons. The van der Waals surface area contributed by atoms with Gasteiger partial charge in [-0.25, -0.2) is 4.98 Å². The number of aromatic nitrogens is 1. The summed E-state index contributed by atoms with van der Waals surface area (Å²) in [5, 5.41) is 3.88. The van der Waals surface area contributed by atoms with Gasteiger partial charge in [0, 0.05) is 24.5 Å². The molecular formula is C21H25N3OS. The molecule has 4 fully saturated rings. The van der Waals surface area contributed by atoms with Crippen LogP contribution in [0.25, 0.3) is 10.2 Å². The van der Waals surface area contributed by atoms with Crippen molar-refractivity contribution >= 4 is 27.5 Å². The van der Waals surface area contributed by atoms with Crippen molar-refractivity contribution in [2.45, 2.75) is 56.7 Å². The number of hydrogen-bond acceptors (Lipinski definition) is 4. The summed E-state index contributed by atoms with van der Waals surface area (Å²) < 4.78 is 1.24. The third kappa shape index (κ3) is 2.59. The highest BCUT2D eigenvalue weighted by Crippen LogP contribution is 2.48. The molecule has 1 amide bonds. The highest BCUT2D eigenvalue weighted by molar-refractivity contribution is 7.16. The lowest BCUT2D eigenvalue weighted by atomic mass is 9.88. The largest absolute Gasteiger partial charge is 0.329 e. The van der Waals surface area contributed by atoms with E-state index in [4.69, 9.17) is 0 Å². The second-order valence-electron chi connectivity index (χ2n) is 8.72. The Kier molecular flexibility index (Phi) is 3.46. The first-order valence-corrected chi connectivity index (χ1v) is 11.1. The SMILES string of the molecule is O=C(C1CC1)N1C(C2CC2)CNC(C2CC2)C1c1ccc2ncsc2c1. The minimum atomic E-state index is 0.196. The number of nitrogens with zero attached hydrogens (tertiary/aromatic N) is 2. The molecule has 1 aromatic carbocycles. The first-order valence-electron chi connectivity index (χ1n) is 10.2. The van der Waals surface area contributed by atoms with Gasteiger partial charge in [-0.15, -0.1) is 11.3 Å². The summed E-state index contributed by atoms with van der Waals surface area (Å²) in [6.45, 7) is 0.990. The van der Waals surface area contributed by atoms with Gasteiger partial charge in [0.25, 0.3) is 0 Å². The number of carbonyl (C=O) groups is 1. The van der Waals surface area contributed by atoms with Gasteiger partial charge in [0.05, 0.1) is 21.8 Å². The van der Waals surface area contributed by atoms with Crippen LogP contribution in [-0.2, 0) is 4.79 Å². The van der Waals surface area contributed by atoms with Crippen LogP contribution in [0.3, 0.4) is 0 Å². The first kappa shape index (κ1) is 15.6. The monoisotopic (exact) mass is 367 g/mol. The Morgan fingerprint density at radius 2 is 1.92 bits per heavy atom. The lowest BCUT2D eigenvalue weighted by molar-refractivity contribution is -0.141. The molecule has 3 atom stereocenters. The van der Waals surface area contributed by atoms with E-state index in [0.717, 1.165) is 30.8 Å². The average molecular weight is 368 g/mol. The Labute approximate surface area is 158 Å². The van der Waals surface area contributed by atoms with Gasteiger partial charge in [-0.05, 0) is 68.1 Å². The Balaban J connectivity index is 1.44. The number of hydrogen-bond donors (Lipinski definition) is 1.